The number of rotatable bonds is 4. The van der Waals surface area contributed by atoms with Crippen molar-refractivity contribution in [1.29, 1.82) is 0 Å². The lowest BCUT2D eigenvalue weighted by atomic mass is 10.2. The van der Waals surface area contributed by atoms with Crippen LogP contribution in [0.2, 0.25) is 5.02 Å². The first-order chi connectivity index (χ1) is 15.1. The Morgan fingerprint density at radius 1 is 0.935 bits per heavy atom. The minimum Gasteiger partial charge on any atom is -0.338 e. The van der Waals surface area contributed by atoms with Gasteiger partial charge in [0.15, 0.2) is 5.69 Å². The maximum Gasteiger partial charge on any atom is 0.299 e. The van der Waals surface area contributed by atoms with Gasteiger partial charge in [-0.25, -0.2) is 9.67 Å². The van der Waals surface area contributed by atoms with E-state index in [-0.39, 0.29) is 11.2 Å². The molecule has 5 aromatic rings. The fraction of sp³-hybridized carbons (Fsp3) is 0.0435. The van der Waals surface area contributed by atoms with E-state index in [4.69, 9.17) is 11.6 Å². The van der Waals surface area contributed by atoms with Gasteiger partial charge in [-0.05, 0) is 67.6 Å². The molecule has 5 rings (SSSR count). The fourth-order valence-corrected chi connectivity index (χ4v) is 3.44. The average molecular weight is 429 g/mol. The minimum atomic E-state index is -0.275. The molecule has 0 spiro atoms. The molecule has 3 aromatic carbocycles. The molecule has 0 saturated heterocycles. The molecular formula is C23H17ClN6O. The molecule has 0 aliphatic rings. The van der Waals surface area contributed by atoms with Crippen LogP contribution < -0.4 is 5.56 Å². The number of nitrogens with zero attached hydrogens (tertiary/aromatic N) is 4. The number of aromatic nitrogens is 4. The molecule has 0 amide bonds. The first-order valence-electron chi connectivity index (χ1n) is 9.63. The summed E-state index contributed by atoms with van der Waals surface area (Å²) in [6.45, 7) is 1.78. The van der Waals surface area contributed by atoms with Gasteiger partial charge >= 0.3 is 0 Å². The van der Waals surface area contributed by atoms with Crippen molar-refractivity contribution in [3.63, 3.8) is 0 Å². The fourth-order valence-electron chi connectivity index (χ4n) is 3.31. The maximum absolute atomic E-state index is 12.8. The quantitative estimate of drug-likeness (QED) is 0.339. The number of hydrogen-bond donors (Lipinski definition) is 2. The number of benzene rings is 3. The van der Waals surface area contributed by atoms with E-state index in [0.717, 1.165) is 22.4 Å². The summed E-state index contributed by atoms with van der Waals surface area (Å²) in [7, 11) is 0. The highest BCUT2D eigenvalue weighted by atomic mass is 35.5. The molecule has 0 aliphatic carbocycles. The number of nitrogens with one attached hydrogen (secondary N) is 2. The first kappa shape index (κ1) is 19.0. The minimum absolute atomic E-state index is 0.260. The Balaban J connectivity index is 1.40. The van der Waals surface area contributed by atoms with Crippen molar-refractivity contribution in [3.05, 3.63) is 93.9 Å². The molecule has 2 heterocycles. The number of aryl methyl sites for hydroxylation is 1. The zero-order chi connectivity index (χ0) is 21.4. The molecule has 2 N–H and O–H groups in total. The van der Waals surface area contributed by atoms with Crippen molar-refractivity contribution in [2.24, 2.45) is 10.2 Å². The Labute approximate surface area is 182 Å². The van der Waals surface area contributed by atoms with E-state index in [1.165, 1.54) is 4.68 Å². The van der Waals surface area contributed by atoms with Crippen LogP contribution in [0.4, 0.5) is 11.4 Å². The molecule has 0 bridgehead atoms. The number of H-pyrrole nitrogens is 2. The smallest absolute Gasteiger partial charge is 0.299 e. The highest BCUT2D eigenvalue weighted by molar-refractivity contribution is 6.30. The third-order valence-corrected chi connectivity index (χ3v) is 5.17. The Kier molecular flexibility index (Phi) is 4.72. The second kappa shape index (κ2) is 7.70. The molecule has 0 saturated carbocycles. The van der Waals surface area contributed by atoms with Gasteiger partial charge < -0.3 is 4.98 Å². The predicted molar refractivity (Wildman–Crippen MR) is 122 cm³/mol. The van der Waals surface area contributed by atoms with Crippen molar-refractivity contribution >= 4 is 34.0 Å². The average Bonchev–Trinajstić information content (AvgIpc) is 3.34. The summed E-state index contributed by atoms with van der Waals surface area (Å²) < 4.78 is 1.42. The Hall–Kier alpha value is -3.97. The summed E-state index contributed by atoms with van der Waals surface area (Å²) in [5, 5.41) is 12.1. The SMILES string of the molecule is Cc1[nH]n(-c2ccc(Cl)cc2)c(=O)c1N=Nc1ccc(-c2nc3ccccc3[nH]2)cc1. The number of aromatic amines is 2. The molecule has 31 heavy (non-hydrogen) atoms. The van der Waals surface area contributed by atoms with Crippen molar-refractivity contribution in [3.8, 4) is 17.1 Å². The largest absolute Gasteiger partial charge is 0.338 e. The standard InChI is InChI=1S/C23H17ClN6O/c1-14-21(23(31)30(29-14)18-12-8-16(24)9-13-18)28-27-17-10-6-15(7-11-17)22-25-19-4-2-3-5-20(19)26-22/h2-13,29H,1H3,(H,25,26). The van der Waals surface area contributed by atoms with Gasteiger partial charge in [-0.2, -0.15) is 5.11 Å². The van der Waals surface area contributed by atoms with Crippen molar-refractivity contribution < 1.29 is 0 Å². The van der Waals surface area contributed by atoms with E-state index < -0.39 is 0 Å². The van der Waals surface area contributed by atoms with Crippen LogP contribution in [-0.2, 0) is 0 Å². The lowest BCUT2D eigenvalue weighted by Gasteiger charge is -2.00. The topological polar surface area (TPSA) is 91.2 Å². The van der Waals surface area contributed by atoms with Gasteiger partial charge in [0.2, 0.25) is 0 Å². The number of imidazole rings is 1. The summed E-state index contributed by atoms with van der Waals surface area (Å²) in [5.74, 6) is 0.789. The highest BCUT2D eigenvalue weighted by Gasteiger charge is 2.12. The number of para-hydroxylation sites is 2. The van der Waals surface area contributed by atoms with Gasteiger partial charge in [0.1, 0.15) is 5.82 Å². The van der Waals surface area contributed by atoms with Crippen LogP contribution in [-0.4, -0.2) is 19.7 Å². The third-order valence-electron chi connectivity index (χ3n) is 4.92. The van der Waals surface area contributed by atoms with Crippen LogP contribution >= 0.6 is 11.6 Å². The lowest BCUT2D eigenvalue weighted by molar-refractivity contribution is 0.835. The first-order valence-corrected chi connectivity index (χ1v) is 10.0. The van der Waals surface area contributed by atoms with Crippen LogP contribution in [0, 0.1) is 6.92 Å². The second-order valence-corrected chi connectivity index (χ2v) is 7.49. The number of hydrogen-bond acceptors (Lipinski definition) is 4. The normalized spacial score (nSPS) is 11.5. The van der Waals surface area contributed by atoms with E-state index in [2.05, 4.69) is 25.3 Å². The third kappa shape index (κ3) is 3.67. The number of azo groups is 1. The van der Waals surface area contributed by atoms with Crippen LogP contribution in [0.15, 0.2) is 87.8 Å². The molecule has 0 fully saturated rings. The Bertz CT molecular complexity index is 1430. The molecule has 152 valence electrons. The van der Waals surface area contributed by atoms with Crippen LogP contribution in [0.3, 0.4) is 0 Å². The van der Waals surface area contributed by atoms with Gasteiger partial charge in [-0.15, -0.1) is 5.11 Å². The molecule has 0 radical (unpaired) electrons. The number of halogens is 1. The lowest BCUT2D eigenvalue weighted by Crippen LogP contribution is -2.13. The summed E-state index contributed by atoms with van der Waals surface area (Å²) in [5.41, 5.74) is 4.77. The van der Waals surface area contributed by atoms with Gasteiger partial charge in [-0.1, -0.05) is 23.7 Å². The summed E-state index contributed by atoms with van der Waals surface area (Å²) in [6.07, 6.45) is 0. The molecule has 0 unspecified atom stereocenters. The van der Waals surface area contributed by atoms with Gasteiger partial charge in [0.25, 0.3) is 5.56 Å². The van der Waals surface area contributed by atoms with E-state index in [1.54, 1.807) is 31.2 Å². The molecular weight excluding hydrogens is 412 g/mol. The van der Waals surface area contributed by atoms with Crippen LogP contribution in [0.25, 0.3) is 28.1 Å². The van der Waals surface area contributed by atoms with Gasteiger partial charge in [-0.3, -0.25) is 9.89 Å². The highest BCUT2D eigenvalue weighted by Crippen LogP contribution is 2.24. The maximum atomic E-state index is 12.8. The summed E-state index contributed by atoms with van der Waals surface area (Å²) in [6, 6.07) is 22.4. The zero-order valence-corrected chi connectivity index (χ0v) is 17.3. The van der Waals surface area contributed by atoms with Crippen molar-refractivity contribution in [2.45, 2.75) is 6.92 Å². The van der Waals surface area contributed by atoms with Crippen molar-refractivity contribution in [1.82, 2.24) is 19.7 Å². The van der Waals surface area contributed by atoms with Crippen LogP contribution in [0.1, 0.15) is 5.69 Å². The monoisotopic (exact) mass is 428 g/mol. The number of fused-ring (bicyclic) bond motifs is 1. The Morgan fingerprint density at radius 2 is 1.68 bits per heavy atom. The molecule has 7 nitrogen and oxygen atoms in total. The van der Waals surface area contributed by atoms with E-state index >= 15 is 0 Å². The summed E-state index contributed by atoms with van der Waals surface area (Å²) >= 11 is 5.93. The van der Waals surface area contributed by atoms with E-state index in [0.29, 0.717) is 22.1 Å². The molecule has 2 aromatic heterocycles. The molecule has 0 atom stereocenters. The summed E-state index contributed by atoms with van der Waals surface area (Å²) in [4.78, 5) is 20.7. The van der Waals surface area contributed by atoms with Gasteiger partial charge in [0, 0.05) is 10.6 Å². The molecule has 8 heteroatoms. The van der Waals surface area contributed by atoms with Crippen LogP contribution in [0.5, 0.6) is 0 Å². The van der Waals surface area contributed by atoms with Crippen molar-refractivity contribution in [2.75, 3.05) is 0 Å². The zero-order valence-electron chi connectivity index (χ0n) is 16.5. The van der Waals surface area contributed by atoms with E-state index in [1.807, 2.05) is 48.5 Å². The van der Waals surface area contributed by atoms with E-state index in [9.17, 15) is 4.79 Å². The Morgan fingerprint density at radius 3 is 2.42 bits per heavy atom. The predicted octanol–water partition coefficient (Wildman–Crippen LogP) is 6.09. The van der Waals surface area contributed by atoms with Gasteiger partial charge in [0.05, 0.1) is 28.1 Å². The molecule has 0 aliphatic heterocycles. The second-order valence-electron chi connectivity index (χ2n) is 7.05.